The van der Waals surface area contributed by atoms with Gasteiger partial charge < -0.3 is 10.1 Å². The average molecular weight is 378 g/mol. The number of nitrogens with one attached hydrogen (secondary N) is 1. The van der Waals surface area contributed by atoms with Crippen LogP contribution in [0.15, 0.2) is 48.5 Å². The molecule has 4 rings (SSSR count). The third kappa shape index (κ3) is 3.50. The van der Waals surface area contributed by atoms with Crippen LogP contribution in [0.3, 0.4) is 0 Å². The molecule has 1 saturated carbocycles. The second-order valence-electron chi connectivity index (χ2n) is 7.21. The van der Waals surface area contributed by atoms with E-state index in [4.69, 9.17) is 4.74 Å². The number of carbonyl (C=O) groups excluding carboxylic acids is 3. The van der Waals surface area contributed by atoms with Gasteiger partial charge in [-0.05, 0) is 48.6 Å². The molecule has 1 fully saturated rings. The standard InChI is InChI=1S/C22H22N2O4/c1-28-16-10-8-15(9-11-16)20(14-6-7-14)23-19(25)12-13-24-21(26)17-4-2-3-5-18(17)22(24)27/h2-5,8-11,14,20H,6-7,12-13H2,1H3,(H,23,25). The first-order valence-corrected chi connectivity index (χ1v) is 9.47. The molecule has 1 aliphatic carbocycles. The number of ether oxygens (including phenoxy) is 1. The largest absolute Gasteiger partial charge is 0.497 e. The first-order chi connectivity index (χ1) is 13.6. The Bertz CT molecular complexity index is 883. The van der Waals surface area contributed by atoms with Gasteiger partial charge >= 0.3 is 0 Å². The second-order valence-corrected chi connectivity index (χ2v) is 7.21. The molecule has 0 bridgehead atoms. The minimum atomic E-state index is -0.331. The first-order valence-electron chi connectivity index (χ1n) is 9.47. The number of amides is 3. The van der Waals surface area contributed by atoms with Crippen LogP contribution in [0.4, 0.5) is 0 Å². The lowest BCUT2D eigenvalue weighted by atomic mass is 10.0. The normalized spacial score (nSPS) is 16.7. The van der Waals surface area contributed by atoms with Gasteiger partial charge in [0.1, 0.15) is 5.75 Å². The van der Waals surface area contributed by atoms with Gasteiger partial charge in [0.2, 0.25) is 5.91 Å². The summed E-state index contributed by atoms with van der Waals surface area (Å²) in [7, 11) is 1.62. The van der Waals surface area contributed by atoms with E-state index >= 15 is 0 Å². The molecule has 144 valence electrons. The molecule has 6 heteroatoms. The zero-order chi connectivity index (χ0) is 19.7. The van der Waals surface area contributed by atoms with Crippen molar-refractivity contribution >= 4 is 17.7 Å². The lowest BCUT2D eigenvalue weighted by molar-refractivity contribution is -0.122. The van der Waals surface area contributed by atoms with Crippen LogP contribution in [0.25, 0.3) is 0 Å². The van der Waals surface area contributed by atoms with Gasteiger partial charge in [-0.2, -0.15) is 0 Å². The second kappa shape index (κ2) is 7.46. The van der Waals surface area contributed by atoms with Crippen LogP contribution < -0.4 is 10.1 Å². The van der Waals surface area contributed by atoms with Crippen LogP contribution in [0.2, 0.25) is 0 Å². The van der Waals surface area contributed by atoms with Gasteiger partial charge in [-0.1, -0.05) is 24.3 Å². The van der Waals surface area contributed by atoms with Crippen molar-refractivity contribution in [1.82, 2.24) is 10.2 Å². The molecule has 2 aromatic rings. The summed E-state index contributed by atoms with van der Waals surface area (Å²) >= 11 is 0. The van der Waals surface area contributed by atoms with Gasteiger partial charge in [-0.3, -0.25) is 19.3 Å². The summed E-state index contributed by atoms with van der Waals surface area (Å²) in [6, 6.07) is 14.4. The predicted octanol–water partition coefficient (Wildman–Crippen LogP) is 2.95. The van der Waals surface area contributed by atoms with Gasteiger partial charge in [-0.25, -0.2) is 0 Å². The Morgan fingerprint density at radius 1 is 1.07 bits per heavy atom. The SMILES string of the molecule is COc1ccc(C(NC(=O)CCN2C(=O)c3ccccc3C2=O)C2CC2)cc1. The first kappa shape index (κ1) is 18.2. The molecule has 1 unspecified atom stereocenters. The summed E-state index contributed by atoms with van der Waals surface area (Å²) in [6.45, 7) is 0.0815. The molecule has 2 aliphatic rings. The fraction of sp³-hybridized carbons (Fsp3) is 0.318. The van der Waals surface area contributed by atoms with Crippen molar-refractivity contribution in [2.24, 2.45) is 5.92 Å². The molecular weight excluding hydrogens is 356 g/mol. The number of nitrogens with zero attached hydrogens (tertiary/aromatic N) is 1. The van der Waals surface area contributed by atoms with Gasteiger partial charge in [0.05, 0.1) is 24.3 Å². The maximum Gasteiger partial charge on any atom is 0.261 e. The van der Waals surface area contributed by atoms with Crippen LogP contribution in [0.1, 0.15) is 51.6 Å². The molecule has 6 nitrogen and oxygen atoms in total. The Kier molecular flexibility index (Phi) is 4.86. The van der Waals surface area contributed by atoms with E-state index in [0.717, 1.165) is 29.1 Å². The van der Waals surface area contributed by atoms with E-state index in [2.05, 4.69) is 5.32 Å². The maximum atomic E-state index is 12.5. The van der Waals surface area contributed by atoms with Crippen LogP contribution in [0.5, 0.6) is 5.75 Å². The summed E-state index contributed by atoms with van der Waals surface area (Å²) in [5.74, 6) is 0.376. The lowest BCUT2D eigenvalue weighted by Gasteiger charge is -2.20. The van der Waals surface area contributed by atoms with E-state index < -0.39 is 0 Å². The van der Waals surface area contributed by atoms with Gasteiger partial charge in [0, 0.05) is 13.0 Å². The number of rotatable bonds is 7. The van der Waals surface area contributed by atoms with Crippen molar-refractivity contribution in [3.8, 4) is 5.75 Å². The van der Waals surface area contributed by atoms with Crippen LogP contribution >= 0.6 is 0 Å². The topological polar surface area (TPSA) is 75.7 Å². The smallest absolute Gasteiger partial charge is 0.261 e. The Labute approximate surface area is 163 Å². The van der Waals surface area contributed by atoms with E-state index in [-0.39, 0.29) is 36.7 Å². The van der Waals surface area contributed by atoms with Crippen molar-refractivity contribution in [3.63, 3.8) is 0 Å². The highest BCUT2D eigenvalue weighted by Gasteiger charge is 2.36. The van der Waals surface area contributed by atoms with Crippen molar-refractivity contribution in [3.05, 3.63) is 65.2 Å². The minimum absolute atomic E-state index is 0.0550. The number of carbonyl (C=O) groups is 3. The number of hydrogen-bond acceptors (Lipinski definition) is 4. The van der Waals surface area contributed by atoms with Gasteiger partial charge in [0.15, 0.2) is 0 Å². The fourth-order valence-electron chi connectivity index (χ4n) is 3.62. The van der Waals surface area contributed by atoms with E-state index in [0.29, 0.717) is 17.0 Å². The number of imide groups is 1. The zero-order valence-electron chi connectivity index (χ0n) is 15.7. The average Bonchev–Trinajstić information content (AvgIpc) is 3.53. The molecule has 1 aliphatic heterocycles. The van der Waals surface area contributed by atoms with Crippen molar-refractivity contribution < 1.29 is 19.1 Å². The Morgan fingerprint density at radius 3 is 2.21 bits per heavy atom. The van der Waals surface area contributed by atoms with Crippen LogP contribution in [0, 0.1) is 5.92 Å². The Morgan fingerprint density at radius 2 is 1.68 bits per heavy atom. The molecule has 1 atom stereocenters. The molecule has 1 heterocycles. The number of fused-ring (bicyclic) bond motifs is 1. The molecule has 3 amide bonds. The summed E-state index contributed by atoms with van der Waals surface area (Å²) in [5.41, 5.74) is 1.85. The molecule has 1 N–H and O–H groups in total. The highest BCUT2D eigenvalue weighted by atomic mass is 16.5. The summed E-state index contributed by atoms with van der Waals surface area (Å²) in [5, 5.41) is 3.08. The van der Waals surface area contributed by atoms with Crippen molar-refractivity contribution in [2.45, 2.75) is 25.3 Å². The summed E-state index contributed by atoms with van der Waals surface area (Å²) in [6.07, 6.45) is 2.25. The van der Waals surface area contributed by atoms with E-state index in [9.17, 15) is 14.4 Å². The zero-order valence-corrected chi connectivity index (χ0v) is 15.7. The monoisotopic (exact) mass is 378 g/mol. The van der Waals surface area contributed by atoms with Gasteiger partial charge in [-0.15, -0.1) is 0 Å². The fourth-order valence-corrected chi connectivity index (χ4v) is 3.62. The molecule has 0 spiro atoms. The number of benzene rings is 2. The Balaban J connectivity index is 1.38. The van der Waals surface area contributed by atoms with E-state index in [1.54, 1.807) is 31.4 Å². The molecule has 0 aromatic heterocycles. The summed E-state index contributed by atoms with van der Waals surface area (Å²) in [4.78, 5) is 38.5. The maximum absolute atomic E-state index is 12.5. The molecule has 28 heavy (non-hydrogen) atoms. The predicted molar refractivity (Wildman–Crippen MR) is 103 cm³/mol. The molecule has 0 radical (unpaired) electrons. The highest BCUT2D eigenvalue weighted by molar-refractivity contribution is 6.21. The Hall–Kier alpha value is -3.15. The van der Waals surface area contributed by atoms with Crippen LogP contribution in [-0.4, -0.2) is 36.3 Å². The number of hydrogen-bond donors (Lipinski definition) is 1. The van der Waals surface area contributed by atoms with Crippen molar-refractivity contribution in [1.29, 1.82) is 0 Å². The molecule has 0 saturated heterocycles. The molecular formula is C22H22N2O4. The third-order valence-corrected chi connectivity index (χ3v) is 5.33. The van der Waals surface area contributed by atoms with E-state index in [1.165, 1.54) is 0 Å². The van der Waals surface area contributed by atoms with Gasteiger partial charge in [0.25, 0.3) is 11.8 Å². The van der Waals surface area contributed by atoms with E-state index in [1.807, 2.05) is 24.3 Å². The van der Waals surface area contributed by atoms with Crippen molar-refractivity contribution in [2.75, 3.05) is 13.7 Å². The molecule has 2 aromatic carbocycles. The van der Waals surface area contributed by atoms with Crippen LogP contribution in [-0.2, 0) is 4.79 Å². The quantitative estimate of drug-likeness (QED) is 0.752. The summed E-state index contributed by atoms with van der Waals surface area (Å²) < 4.78 is 5.19. The minimum Gasteiger partial charge on any atom is -0.497 e. The number of methoxy groups -OCH3 is 1. The lowest BCUT2D eigenvalue weighted by Crippen LogP contribution is -2.36. The highest BCUT2D eigenvalue weighted by Crippen LogP contribution is 2.41. The third-order valence-electron chi connectivity index (χ3n) is 5.33.